The Balaban J connectivity index is 1.24. The Hall–Kier alpha value is -3.95. The number of aromatic nitrogens is 1. The second-order valence-electron chi connectivity index (χ2n) is 9.18. The molecule has 5 aromatic rings. The van der Waals surface area contributed by atoms with Crippen LogP contribution < -0.4 is 10.2 Å². The predicted octanol–water partition coefficient (Wildman–Crippen LogP) is 7.88. The largest absolute Gasteiger partial charge is 0.487 e. The highest BCUT2D eigenvalue weighted by Gasteiger charge is 2.12. The molecule has 0 fully saturated rings. The number of carbonyl (C=O) groups is 1. The second kappa shape index (κ2) is 13.1. The van der Waals surface area contributed by atoms with Crippen molar-refractivity contribution in [2.75, 3.05) is 0 Å². The summed E-state index contributed by atoms with van der Waals surface area (Å²) in [4.78, 5) is 12.8. The van der Waals surface area contributed by atoms with Crippen molar-refractivity contribution >= 4 is 57.3 Å². The average Bonchev–Trinajstić information content (AvgIpc) is 3.38. The number of aryl methyl sites for hydroxylation is 1. The highest BCUT2D eigenvalue weighted by molar-refractivity contribution is 14.1. The van der Waals surface area contributed by atoms with Crippen molar-refractivity contribution in [1.82, 2.24) is 9.99 Å². The average molecular weight is 762 g/mol. The van der Waals surface area contributed by atoms with Crippen molar-refractivity contribution in [3.8, 4) is 28.8 Å². The van der Waals surface area contributed by atoms with Crippen LogP contribution in [0, 0.1) is 25.4 Å². The molecular weight excluding hydrogens is 738 g/mol. The number of rotatable bonds is 8. The van der Waals surface area contributed by atoms with Gasteiger partial charge in [0, 0.05) is 22.5 Å². The summed E-state index contributed by atoms with van der Waals surface area (Å²) in [6.07, 6.45) is 1.61. The summed E-state index contributed by atoms with van der Waals surface area (Å²) in [5.41, 5.74) is 9.72. The van der Waals surface area contributed by atoms with Crippen molar-refractivity contribution in [3.05, 3.63) is 138 Å². The van der Waals surface area contributed by atoms with E-state index in [1.165, 1.54) is 0 Å². The van der Waals surface area contributed by atoms with Gasteiger partial charge in [-0.05, 0) is 118 Å². The van der Waals surface area contributed by atoms with Crippen LogP contribution in [0.4, 0.5) is 0 Å². The molecule has 1 N–H and O–H groups in total. The molecule has 0 spiro atoms. The van der Waals surface area contributed by atoms with Crippen LogP contribution in [0.25, 0.3) is 16.9 Å². The van der Waals surface area contributed by atoms with Gasteiger partial charge < -0.3 is 9.30 Å². The Kier molecular flexibility index (Phi) is 9.16. The number of nitrogens with one attached hydrogen (secondary N) is 1. The molecule has 0 unspecified atom stereocenters. The smallest absolute Gasteiger partial charge is 0.271 e. The maximum absolute atomic E-state index is 12.8. The molecule has 41 heavy (non-hydrogen) atoms. The first-order chi connectivity index (χ1) is 19.9. The maximum atomic E-state index is 12.8. The van der Waals surface area contributed by atoms with Crippen LogP contribution in [-0.2, 0) is 6.61 Å². The van der Waals surface area contributed by atoms with Gasteiger partial charge in [0.1, 0.15) is 12.4 Å². The molecule has 0 bridgehead atoms. The standard InChI is InChI=1S/C33H24I2N4O2/c1-22-11-16-31(24-7-3-2-4-8-24)39(22)28-14-12-25(13-15-28)33(40)38-37-20-23-17-29(34)32(30(35)18-23)41-21-27-10-6-5-9-26(27)19-36/h2-18,20H,21H2,1H3,(H,38,40)/b37-20+. The van der Waals surface area contributed by atoms with Crippen LogP contribution in [0.1, 0.15) is 32.7 Å². The van der Waals surface area contributed by atoms with Gasteiger partial charge in [-0.2, -0.15) is 10.4 Å². The van der Waals surface area contributed by atoms with Crippen LogP contribution >= 0.6 is 45.2 Å². The molecular formula is C33H24I2N4O2. The lowest BCUT2D eigenvalue weighted by Crippen LogP contribution is -2.17. The first-order valence-corrected chi connectivity index (χ1v) is 14.9. The number of hydrazone groups is 1. The molecule has 0 saturated carbocycles. The first-order valence-electron chi connectivity index (χ1n) is 12.7. The number of hydrogen-bond acceptors (Lipinski definition) is 4. The van der Waals surface area contributed by atoms with E-state index in [-0.39, 0.29) is 5.91 Å². The quantitative estimate of drug-likeness (QED) is 0.0994. The normalized spacial score (nSPS) is 10.9. The van der Waals surface area contributed by atoms with E-state index in [1.54, 1.807) is 24.4 Å². The highest BCUT2D eigenvalue weighted by Crippen LogP contribution is 2.30. The Morgan fingerprint density at radius 3 is 2.34 bits per heavy atom. The summed E-state index contributed by atoms with van der Waals surface area (Å²) < 4.78 is 10.0. The van der Waals surface area contributed by atoms with E-state index in [1.807, 2.05) is 60.7 Å². The van der Waals surface area contributed by atoms with E-state index in [4.69, 9.17) is 4.74 Å². The SMILES string of the molecule is Cc1ccc(-c2ccccc2)n1-c1ccc(C(=O)N/N=C/c2cc(I)c(OCc3ccccc3C#N)c(I)c2)cc1. The van der Waals surface area contributed by atoms with Gasteiger partial charge >= 0.3 is 0 Å². The number of halogens is 2. The minimum Gasteiger partial charge on any atom is -0.487 e. The number of benzene rings is 4. The Labute approximate surface area is 266 Å². The van der Waals surface area contributed by atoms with Gasteiger partial charge in [0.25, 0.3) is 5.91 Å². The van der Waals surface area contributed by atoms with E-state index in [9.17, 15) is 10.1 Å². The lowest BCUT2D eigenvalue weighted by Gasteiger charge is -2.13. The molecule has 0 aliphatic carbocycles. The molecule has 1 aromatic heterocycles. The maximum Gasteiger partial charge on any atom is 0.271 e. The first kappa shape index (κ1) is 28.6. The van der Waals surface area contributed by atoms with Gasteiger partial charge in [0.2, 0.25) is 0 Å². The van der Waals surface area contributed by atoms with Crippen molar-refractivity contribution in [2.45, 2.75) is 13.5 Å². The van der Waals surface area contributed by atoms with Crippen LogP contribution in [-0.4, -0.2) is 16.7 Å². The molecule has 0 atom stereocenters. The summed E-state index contributed by atoms with van der Waals surface area (Å²) in [6.45, 7) is 2.37. The lowest BCUT2D eigenvalue weighted by molar-refractivity contribution is 0.0955. The van der Waals surface area contributed by atoms with E-state index in [0.29, 0.717) is 17.7 Å². The zero-order valence-electron chi connectivity index (χ0n) is 22.0. The highest BCUT2D eigenvalue weighted by atomic mass is 127. The number of nitrogens with zero attached hydrogens (tertiary/aromatic N) is 3. The molecule has 6 nitrogen and oxygen atoms in total. The zero-order valence-corrected chi connectivity index (χ0v) is 26.3. The molecule has 8 heteroatoms. The molecule has 0 aliphatic rings. The summed E-state index contributed by atoms with van der Waals surface area (Å²) in [6, 6.07) is 35.4. The van der Waals surface area contributed by atoms with Gasteiger partial charge in [-0.3, -0.25) is 4.79 Å². The van der Waals surface area contributed by atoms with E-state index in [2.05, 4.69) is 97.5 Å². The Morgan fingerprint density at radius 1 is 0.951 bits per heavy atom. The number of hydrogen-bond donors (Lipinski definition) is 1. The van der Waals surface area contributed by atoms with Crippen molar-refractivity contribution < 1.29 is 9.53 Å². The van der Waals surface area contributed by atoms with Gasteiger partial charge in [-0.1, -0.05) is 48.5 Å². The third kappa shape index (κ3) is 6.69. The molecule has 0 saturated heterocycles. The number of nitriles is 1. The molecule has 0 aliphatic heterocycles. The fraction of sp³-hybridized carbons (Fsp3) is 0.0606. The van der Waals surface area contributed by atoms with Gasteiger partial charge in [-0.25, -0.2) is 5.43 Å². The molecule has 202 valence electrons. The molecule has 1 amide bonds. The molecule has 1 heterocycles. The third-order valence-electron chi connectivity index (χ3n) is 6.44. The zero-order chi connectivity index (χ0) is 28.8. The summed E-state index contributed by atoms with van der Waals surface area (Å²) in [5.74, 6) is 0.453. The van der Waals surface area contributed by atoms with Gasteiger partial charge in [0.05, 0.1) is 30.7 Å². The number of amides is 1. The van der Waals surface area contributed by atoms with Crippen molar-refractivity contribution in [2.24, 2.45) is 5.10 Å². The van der Waals surface area contributed by atoms with Crippen LogP contribution in [0.3, 0.4) is 0 Å². The predicted molar refractivity (Wildman–Crippen MR) is 178 cm³/mol. The summed E-state index contributed by atoms with van der Waals surface area (Å²) in [5, 5.41) is 13.5. The summed E-state index contributed by atoms with van der Waals surface area (Å²) in [7, 11) is 0. The molecule has 4 aromatic carbocycles. The minimum absolute atomic E-state index is 0.291. The van der Waals surface area contributed by atoms with Crippen molar-refractivity contribution in [3.63, 3.8) is 0 Å². The van der Waals surface area contributed by atoms with Crippen molar-refractivity contribution in [1.29, 1.82) is 5.26 Å². The Morgan fingerprint density at radius 2 is 1.63 bits per heavy atom. The third-order valence-corrected chi connectivity index (χ3v) is 8.05. The topological polar surface area (TPSA) is 79.4 Å². The van der Waals surface area contributed by atoms with E-state index in [0.717, 1.165) is 46.7 Å². The van der Waals surface area contributed by atoms with E-state index >= 15 is 0 Å². The Bertz CT molecular complexity index is 1750. The summed E-state index contributed by atoms with van der Waals surface area (Å²) >= 11 is 4.43. The number of ether oxygens (including phenoxy) is 1. The second-order valence-corrected chi connectivity index (χ2v) is 11.5. The van der Waals surface area contributed by atoms with Gasteiger partial charge in [0.15, 0.2) is 0 Å². The van der Waals surface area contributed by atoms with E-state index < -0.39 is 0 Å². The van der Waals surface area contributed by atoms with Crippen LogP contribution in [0.15, 0.2) is 108 Å². The van der Waals surface area contributed by atoms with Crippen LogP contribution in [0.5, 0.6) is 5.75 Å². The fourth-order valence-electron chi connectivity index (χ4n) is 4.40. The fourth-order valence-corrected chi connectivity index (χ4v) is 6.53. The van der Waals surface area contributed by atoms with Gasteiger partial charge in [-0.15, -0.1) is 0 Å². The molecule has 5 rings (SSSR count). The van der Waals surface area contributed by atoms with Crippen LogP contribution in [0.2, 0.25) is 0 Å². The lowest BCUT2D eigenvalue weighted by atomic mass is 10.1. The molecule has 0 radical (unpaired) electrons. The number of carbonyl (C=O) groups excluding carboxylic acids is 1. The monoisotopic (exact) mass is 762 g/mol. The minimum atomic E-state index is -0.291.